The van der Waals surface area contributed by atoms with E-state index in [1.807, 2.05) is 24.3 Å². The first-order valence-corrected chi connectivity index (χ1v) is 15.4. The predicted octanol–water partition coefficient (Wildman–Crippen LogP) is 6.83. The molecule has 1 rings (SSSR count). The fraction of sp³-hybridized carbons (Fsp3) is 0.571. The van der Waals surface area contributed by atoms with Crippen molar-refractivity contribution in [2.75, 3.05) is 0 Å². The SMILES string of the molecule is C=Cc1cccc(C(=O)[O][Sn]([CH](C)CC)([CH](C)CC)[CH](C)CC)c1. The van der Waals surface area contributed by atoms with Crippen molar-refractivity contribution in [3.63, 3.8) is 0 Å². The van der Waals surface area contributed by atoms with Gasteiger partial charge in [0.15, 0.2) is 0 Å². The van der Waals surface area contributed by atoms with Gasteiger partial charge in [0.2, 0.25) is 0 Å². The molecule has 0 aliphatic carbocycles. The van der Waals surface area contributed by atoms with E-state index in [1.54, 1.807) is 6.08 Å². The number of benzene rings is 1. The summed E-state index contributed by atoms with van der Waals surface area (Å²) in [6, 6.07) is 7.60. The summed E-state index contributed by atoms with van der Waals surface area (Å²) in [5.41, 5.74) is 1.62. The van der Waals surface area contributed by atoms with Gasteiger partial charge >= 0.3 is 153 Å². The van der Waals surface area contributed by atoms with Gasteiger partial charge in [0, 0.05) is 0 Å². The summed E-state index contributed by atoms with van der Waals surface area (Å²) >= 11 is -3.19. The Kier molecular flexibility index (Phi) is 8.55. The van der Waals surface area contributed by atoms with Crippen molar-refractivity contribution in [2.45, 2.75) is 72.6 Å². The average molecular weight is 437 g/mol. The van der Waals surface area contributed by atoms with Crippen molar-refractivity contribution >= 4 is 30.8 Å². The van der Waals surface area contributed by atoms with E-state index >= 15 is 0 Å². The Morgan fingerprint density at radius 2 is 1.58 bits per heavy atom. The molecule has 134 valence electrons. The van der Waals surface area contributed by atoms with E-state index < -0.39 is 18.8 Å². The fourth-order valence-electron chi connectivity index (χ4n) is 3.73. The van der Waals surface area contributed by atoms with E-state index in [0.29, 0.717) is 17.4 Å². The fourth-order valence-corrected chi connectivity index (χ4v) is 20.5. The number of rotatable bonds is 9. The van der Waals surface area contributed by atoms with Gasteiger partial charge in [-0.1, -0.05) is 0 Å². The molecule has 0 aromatic heterocycles. The van der Waals surface area contributed by atoms with Gasteiger partial charge in [-0.25, -0.2) is 0 Å². The minimum atomic E-state index is -3.19. The molecule has 0 aliphatic rings. The van der Waals surface area contributed by atoms with Crippen LogP contribution in [0.2, 0.25) is 11.8 Å². The molecule has 0 spiro atoms. The van der Waals surface area contributed by atoms with Crippen molar-refractivity contribution in [3.8, 4) is 0 Å². The molecule has 0 fully saturated rings. The summed E-state index contributed by atoms with van der Waals surface area (Å²) < 4.78 is 8.09. The van der Waals surface area contributed by atoms with Crippen LogP contribution in [0, 0.1) is 0 Å². The van der Waals surface area contributed by atoms with Crippen LogP contribution in [0.5, 0.6) is 0 Å². The van der Waals surface area contributed by atoms with Gasteiger partial charge in [-0.2, -0.15) is 0 Å². The second kappa shape index (κ2) is 9.64. The maximum atomic E-state index is 13.0. The van der Waals surface area contributed by atoms with Crippen LogP contribution in [0.3, 0.4) is 0 Å². The Labute approximate surface area is 153 Å². The van der Waals surface area contributed by atoms with Crippen molar-refractivity contribution in [1.82, 2.24) is 0 Å². The van der Waals surface area contributed by atoms with Crippen LogP contribution in [-0.4, -0.2) is 24.8 Å². The Hall–Kier alpha value is -0.771. The topological polar surface area (TPSA) is 26.3 Å². The average Bonchev–Trinajstić information content (AvgIpc) is 2.63. The molecule has 24 heavy (non-hydrogen) atoms. The van der Waals surface area contributed by atoms with Gasteiger partial charge in [-0.15, -0.1) is 0 Å². The van der Waals surface area contributed by atoms with Crippen LogP contribution in [0.4, 0.5) is 0 Å². The standard InChI is InChI=1S/C9H8O2.3C4H9.Sn/c1-2-7-4-3-5-8(6-7)9(10)11;3*1-3-4-2;/h2-6H,1H2,(H,10,11);3*3H,4H2,1-2H3;/q;;;;+1/p-1. The Bertz CT molecular complexity index is 526. The van der Waals surface area contributed by atoms with Crippen molar-refractivity contribution in [1.29, 1.82) is 0 Å². The summed E-state index contributed by atoms with van der Waals surface area (Å²) in [5.74, 6) is -0.129. The molecule has 1 aromatic rings. The summed E-state index contributed by atoms with van der Waals surface area (Å²) in [5, 5.41) is 0. The van der Waals surface area contributed by atoms with Crippen molar-refractivity contribution in [2.24, 2.45) is 0 Å². The number of carbonyl (C=O) groups excluding carboxylic acids is 1. The van der Waals surface area contributed by atoms with Crippen LogP contribution in [0.25, 0.3) is 6.08 Å². The van der Waals surface area contributed by atoms with Gasteiger partial charge in [-0.05, 0) is 0 Å². The zero-order valence-electron chi connectivity index (χ0n) is 16.3. The number of hydrogen-bond donors (Lipinski definition) is 0. The van der Waals surface area contributed by atoms with E-state index in [0.717, 1.165) is 24.8 Å². The van der Waals surface area contributed by atoms with Gasteiger partial charge in [-0.3, -0.25) is 0 Å². The zero-order valence-corrected chi connectivity index (χ0v) is 19.1. The van der Waals surface area contributed by atoms with Crippen LogP contribution in [-0.2, 0) is 3.07 Å². The quantitative estimate of drug-likeness (QED) is 0.396. The molecule has 0 aliphatic heterocycles. The molecular weight excluding hydrogens is 403 g/mol. The molecule has 0 saturated heterocycles. The van der Waals surface area contributed by atoms with E-state index in [2.05, 4.69) is 48.1 Å². The van der Waals surface area contributed by atoms with Crippen molar-refractivity contribution < 1.29 is 7.87 Å². The monoisotopic (exact) mass is 438 g/mol. The minimum absolute atomic E-state index is 0.129. The first-order chi connectivity index (χ1) is 11.4. The molecule has 3 unspecified atom stereocenters. The van der Waals surface area contributed by atoms with Crippen LogP contribution >= 0.6 is 0 Å². The summed E-state index contributed by atoms with van der Waals surface area (Å²) in [6.45, 7) is 17.4. The normalized spacial score (nSPS) is 17.4. The molecule has 2 nitrogen and oxygen atoms in total. The van der Waals surface area contributed by atoms with Gasteiger partial charge in [0.1, 0.15) is 0 Å². The van der Waals surface area contributed by atoms with Crippen molar-refractivity contribution in [3.05, 3.63) is 42.0 Å². The Morgan fingerprint density at radius 3 is 2.00 bits per heavy atom. The van der Waals surface area contributed by atoms with Gasteiger partial charge in [0.05, 0.1) is 0 Å². The molecule has 0 heterocycles. The molecule has 0 amide bonds. The molecule has 0 N–H and O–H groups in total. The van der Waals surface area contributed by atoms with Crippen LogP contribution < -0.4 is 0 Å². The second-order valence-electron chi connectivity index (χ2n) is 7.00. The summed E-state index contributed by atoms with van der Waals surface area (Å²) in [6.07, 6.45) is 5.03. The molecule has 0 radical (unpaired) electrons. The number of carbonyl (C=O) groups is 1. The van der Waals surface area contributed by atoms with Crippen LogP contribution in [0.15, 0.2) is 30.8 Å². The molecule has 3 heteroatoms. The summed E-state index contributed by atoms with van der Waals surface area (Å²) in [7, 11) is 0. The molecule has 3 atom stereocenters. The van der Waals surface area contributed by atoms with E-state index in [9.17, 15) is 4.79 Å². The Balaban J connectivity index is 3.28. The maximum absolute atomic E-state index is 13.0. The van der Waals surface area contributed by atoms with Gasteiger partial charge in [0.25, 0.3) is 0 Å². The molecule has 0 saturated carbocycles. The van der Waals surface area contributed by atoms with E-state index in [1.165, 1.54) is 0 Å². The number of hydrogen-bond acceptors (Lipinski definition) is 2. The second-order valence-corrected chi connectivity index (χ2v) is 20.9. The third-order valence-corrected chi connectivity index (χ3v) is 24.0. The third-order valence-electron chi connectivity index (χ3n) is 5.78. The first-order valence-electron chi connectivity index (χ1n) is 9.32. The van der Waals surface area contributed by atoms with Gasteiger partial charge < -0.3 is 0 Å². The summed E-state index contributed by atoms with van der Waals surface area (Å²) in [4.78, 5) is 13.0. The van der Waals surface area contributed by atoms with E-state index in [-0.39, 0.29) is 5.97 Å². The Morgan fingerprint density at radius 1 is 1.08 bits per heavy atom. The van der Waals surface area contributed by atoms with Crippen LogP contribution in [0.1, 0.15) is 76.7 Å². The molecule has 0 bridgehead atoms. The van der Waals surface area contributed by atoms with E-state index in [4.69, 9.17) is 3.07 Å². The third kappa shape index (κ3) is 4.44. The molecule has 1 aromatic carbocycles. The predicted molar refractivity (Wildman–Crippen MR) is 107 cm³/mol. The molecular formula is C21H34O2Sn. The first kappa shape index (κ1) is 21.3. The zero-order chi connectivity index (χ0) is 18.3.